The molecule has 1 aromatic rings. The van der Waals surface area contributed by atoms with E-state index in [4.69, 9.17) is 23.2 Å². The molecular weight excluding hydrogens is 293 g/mol. The van der Waals surface area contributed by atoms with E-state index in [2.05, 4.69) is 5.32 Å². The first-order valence-corrected chi connectivity index (χ1v) is 8.35. The SMILES string of the molecule is CCNC(c1ccc(Cl)c(Cl)c1)C(C)S(C)(=O)=O. The molecule has 0 aliphatic rings. The van der Waals surface area contributed by atoms with Gasteiger partial charge >= 0.3 is 0 Å². The molecule has 2 atom stereocenters. The van der Waals surface area contributed by atoms with Gasteiger partial charge in [-0.25, -0.2) is 8.42 Å². The Hall–Kier alpha value is -0.290. The van der Waals surface area contributed by atoms with Gasteiger partial charge in [0.2, 0.25) is 0 Å². The van der Waals surface area contributed by atoms with Crippen LogP contribution in [0.4, 0.5) is 0 Å². The molecule has 1 rings (SSSR count). The van der Waals surface area contributed by atoms with Gasteiger partial charge in [-0.15, -0.1) is 0 Å². The second-order valence-corrected chi connectivity index (χ2v) is 7.46. The second kappa shape index (κ2) is 6.24. The predicted octanol–water partition coefficient (Wildman–Crippen LogP) is 3.08. The molecule has 18 heavy (non-hydrogen) atoms. The molecule has 0 saturated carbocycles. The zero-order chi connectivity index (χ0) is 13.9. The predicted molar refractivity (Wildman–Crippen MR) is 77.2 cm³/mol. The molecule has 0 saturated heterocycles. The van der Waals surface area contributed by atoms with Crippen LogP contribution in [0, 0.1) is 0 Å². The van der Waals surface area contributed by atoms with Crippen molar-refractivity contribution in [3.8, 4) is 0 Å². The Kier molecular flexibility index (Phi) is 5.46. The van der Waals surface area contributed by atoms with E-state index in [9.17, 15) is 8.42 Å². The molecule has 2 unspecified atom stereocenters. The summed E-state index contributed by atoms with van der Waals surface area (Å²) in [6.07, 6.45) is 1.24. The van der Waals surface area contributed by atoms with Crippen molar-refractivity contribution in [2.24, 2.45) is 0 Å². The average Bonchev–Trinajstić information content (AvgIpc) is 2.28. The normalized spacial score (nSPS) is 15.4. The fraction of sp³-hybridized carbons (Fsp3) is 0.500. The van der Waals surface area contributed by atoms with Crippen molar-refractivity contribution in [2.45, 2.75) is 25.1 Å². The Labute approximate surface area is 118 Å². The lowest BCUT2D eigenvalue weighted by molar-refractivity contribution is 0.513. The summed E-state index contributed by atoms with van der Waals surface area (Å²) in [5.74, 6) is 0. The molecule has 0 amide bonds. The van der Waals surface area contributed by atoms with Crippen LogP contribution in [0.3, 0.4) is 0 Å². The van der Waals surface area contributed by atoms with Crippen LogP contribution in [0.25, 0.3) is 0 Å². The van der Waals surface area contributed by atoms with Gasteiger partial charge in [-0.3, -0.25) is 0 Å². The van der Waals surface area contributed by atoms with Crippen LogP contribution in [-0.2, 0) is 9.84 Å². The molecule has 0 aliphatic carbocycles. The highest BCUT2D eigenvalue weighted by Crippen LogP contribution is 2.28. The van der Waals surface area contributed by atoms with E-state index in [0.29, 0.717) is 16.6 Å². The lowest BCUT2D eigenvalue weighted by Gasteiger charge is -2.24. The molecule has 0 bridgehead atoms. The summed E-state index contributed by atoms with van der Waals surface area (Å²) < 4.78 is 23.3. The maximum absolute atomic E-state index is 11.7. The quantitative estimate of drug-likeness (QED) is 0.909. The maximum atomic E-state index is 11.7. The van der Waals surface area contributed by atoms with Gasteiger partial charge < -0.3 is 5.32 Å². The zero-order valence-corrected chi connectivity index (χ0v) is 12.9. The Balaban J connectivity index is 3.15. The monoisotopic (exact) mass is 309 g/mol. The fourth-order valence-corrected chi connectivity index (χ4v) is 2.78. The number of sulfone groups is 1. The molecule has 0 aromatic heterocycles. The van der Waals surface area contributed by atoms with Crippen LogP contribution in [-0.4, -0.2) is 26.5 Å². The third-order valence-corrected chi connectivity index (χ3v) is 5.23. The molecule has 0 fully saturated rings. The lowest BCUT2D eigenvalue weighted by atomic mass is 10.0. The minimum Gasteiger partial charge on any atom is -0.309 e. The summed E-state index contributed by atoms with van der Waals surface area (Å²) in [5, 5.41) is 3.53. The third-order valence-electron chi connectivity index (χ3n) is 2.87. The molecule has 6 heteroatoms. The maximum Gasteiger partial charge on any atom is 0.151 e. The molecule has 102 valence electrons. The van der Waals surface area contributed by atoms with E-state index in [-0.39, 0.29) is 6.04 Å². The molecule has 0 heterocycles. The lowest BCUT2D eigenvalue weighted by Crippen LogP contribution is -2.34. The van der Waals surface area contributed by atoms with Crippen molar-refractivity contribution >= 4 is 33.0 Å². The summed E-state index contributed by atoms with van der Waals surface area (Å²) in [6, 6.07) is 4.89. The second-order valence-electron chi connectivity index (χ2n) is 4.24. The standard InChI is InChI=1S/C12H17Cl2NO2S/c1-4-15-12(8(2)18(3,16)17)9-5-6-10(13)11(14)7-9/h5-8,12,15H,4H2,1-3H3. The summed E-state index contributed by atoms with van der Waals surface area (Å²) in [4.78, 5) is 0. The summed E-state index contributed by atoms with van der Waals surface area (Å²) in [5.41, 5.74) is 0.823. The van der Waals surface area contributed by atoms with Gasteiger partial charge in [0, 0.05) is 12.3 Å². The van der Waals surface area contributed by atoms with Crippen LogP contribution in [0.15, 0.2) is 18.2 Å². The number of hydrogen-bond donors (Lipinski definition) is 1. The first kappa shape index (κ1) is 15.8. The molecular formula is C12H17Cl2NO2S. The number of rotatable bonds is 5. The third kappa shape index (κ3) is 3.85. The topological polar surface area (TPSA) is 46.2 Å². The van der Waals surface area contributed by atoms with E-state index >= 15 is 0 Å². The molecule has 1 aromatic carbocycles. The van der Waals surface area contributed by atoms with Gasteiger partial charge in [-0.05, 0) is 31.2 Å². The van der Waals surface area contributed by atoms with Crippen molar-refractivity contribution in [2.75, 3.05) is 12.8 Å². The number of halogens is 2. The van der Waals surface area contributed by atoms with E-state index in [1.54, 1.807) is 25.1 Å². The summed E-state index contributed by atoms with van der Waals surface area (Å²) in [7, 11) is -3.13. The fourth-order valence-electron chi connectivity index (χ4n) is 1.73. The Morgan fingerprint density at radius 2 is 1.89 bits per heavy atom. The van der Waals surface area contributed by atoms with Crippen molar-refractivity contribution < 1.29 is 8.42 Å². The highest BCUT2D eigenvalue weighted by atomic mass is 35.5. The van der Waals surface area contributed by atoms with Crippen LogP contribution >= 0.6 is 23.2 Å². The number of nitrogens with one attached hydrogen (secondary N) is 1. The average molecular weight is 310 g/mol. The Morgan fingerprint density at radius 1 is 1.28 bits per heavy atom. The van der Waals surface area contributed by atoms with E-state index in [1.165, 1.54) is 6.26 Å². The van der Waals surface area contributed by atoms with E-state index in [1.807, 2.05) is 6.92 Å². The van der Waals surface area contributed by atoms with E-state index < -0.39 is 15.1 Å². The molecule has 3 nitrogen and oxygen atoms in total. The number of hydrogen-bond acceptors (Lipinski definition) is 3. The molecule has 0 spiro atoms. The highest BCUT2D eigenvalue weighted by Gasteiger charge is 2.26. The van der Waals surface area contributed by atoms with Crippen LogP contribution < -0.4 is 5.32 Å². The smallest absolute Gasteiger partial charge is 0.151 e. The summed E-state index contributed by atoms with van der Waals surface area (Å²) in [6.45, 7) is 4.29. The van der Waals surface area contributed by atoms with E-state index in [0.717, 1.165) is 5.56 Å². The number of benzene rings is 1. The minimum absolute atomic E-state index is 0.292. The van der Waals surface area contributed by atoms with Gasteiger partial charge in [-0.1, -0.05) is 36.2 Å². The zero-order valence-electron chi connectivity index (χ0n) is 10.6. The Morgan fingerprint density at radius 3 is 2.33 bits per heavy atom. The molecule has 0 radical (unpaired) electrons. The first-order valence-electron chi connectivity index (χ1n) is 5.64. The van der Waals surface area contributed by atoms with Crippen molar-refractivity contribution in [3.63, 3.8) is 0 Å². The molecule has 0 aliphatic heterocycles. The Bertz CT molecular complexity index is 517. The minimum atomic E-state index is -3.13. The van der Waals surface area contributed by atoms with Gasteiger partial charge in [0.25, 0.3) is 0 Å². The molecule has 1 N–H and O–H groups in total. The van der Waals surface area contributed by atoms with Gasteiger partial charge in [-0.2, -0.15) is 0 Å². The van der Waals surface area contributed by atoms with Crippen molar-refractivity contribution in [3.05, 3.63) is 33.8 Å². The van der Waals surface area contributed by atoms with Crippen LogP contribution in [0.2, 0.25) is 10.0 Å². The highest BCUT2D eigenvalue weighted by molar-refractivity contribution is 7.91. The van der Waals surface area contributed by atoms with Gasteiger partial charge in [0.1, 0.15) is 0 Å². The van der Waals surface area contributed by atoms with Gasteiger partial charge in [0.05, 0.1) is 15.3 Å². The summed E-state index contributed by atoms with van der Waals surface area (Å²) >= 11 is 11.8. The largest absolute Gasteiger partial charge is 0.309 e. The first-order chi connectivity index (χ1) is 8.27. The van der Waals surface area contributed by atoms with Crippen molar-refractivity contribution in [1.82, 2.24) is 5.32 Å². The van der Waals surface area contributed by atoms with Gasteiger partial charge in [0.15, 0.2) is 9.84 Å². The van der Waals surface area contributed by atoms with Crippen LogP contribution in [0.1, 0.15) is 25.5 Å². The van der Waals surface area contributed by atoms with Crippen LogP contribution in [0.5, 0.6) is 0 Å². The van der Waals surface area contributed by atoms with Crippen molar-refractivity contribution in [1.29, 1.82) is 0 Å².